The van der Waals surface area contributed by atoms with Gasteiger partial charge >= 0.3 is 0 Å². The number of amides is 1. The zero-order valence-corrected chi connectivity index (χ0v) is 11.1. The number of aromatic hydroxyl groups is 1. The third-order valence-electron chi connectivity index (χ3n) is 3.65. The van der Waals surface area contributed by atoms with Crippen molar-refractivity contribution in [2.75, 3.05) is 13.1 Å². The number of aryl methyl sites for hydroxylation is 1. The van der Waals surface area contributed by atoms with Gasteiger partial charge in [-0.15, -0.1) is 0 Å². The number of hydrogen-bond acceptors (Lipinski definition) is 2. The van der Waals surface area contributed by atoms with Gasteiger partial charge in [-0.2, -0.15) is 0 Å². The van der Waals surface area contributed by atoms with Crippen LogP contribution in [0.25, 0.3) is 0 Å². The van der Waals surface area contributed by atoms with Crippen molar-refractivity contribution in [3.05, 3.63) is 29.3 Å². The van der Waals surface area contributed by atoms with Gasteiger partial charge in [0.05, 0.1) is 0 Å². The largest absolute Gasteiger partial charge is 0.508 e. The molecule has 1 amide bonds. The van der Waals surface area contributed by atoms with Crippen molar-refractivity contribution in [3.63, 3.8) is 0 Å². The highest BCUT2D eigenvalue weighted by atomic mass is 16.3. The fourth-order valence-electron chi connectivity index (χ4n) is 2.56. The third-order valence-corrected chi connectivity index (χ3v) is 3.65. The van der Waals surface area contributed by atoms with E-state index in [4.69, 9.17) is 0 Å². The summed E-state index contributed by atoms with van der Waals surface area (Å²) in [6.45, 7) is 5.87. The van der Waals surface area contributed by atoms with Gasteiger partial charge in [-0.25, -0.2) is 0 Å². The number of carbonyl (C=O) groups excluding carboxylic acids is 1. The lowest BCUT2D eigenvalue weighted by molar-refractivity contribution is 0.0683. The Morgan fingerprint density at radius 1 is 1.50 bits per heavy atom. The monoisotopic (exact) mass is 247 g/mol. The molecule has 1 heterocycles. The molecule has 3 heteroatoms. The van der Waals surface area contributed by atoms with Crippen LogP contribution in [0.1, 0.15) is 42.6 Å². The summed E-state index contributed by atoms with van der Waals surface area (Å²) in [6, 6.07) is 5.16. The number of hydrogen-bond donors (Lipinski definition) is 1. The molecule has 1 aromatic rings. The van der Waals surface area contributed by atoms with Gasteiger partial charge in [0.25, 0.3) is 5.91 Å². The molecule has 98 valence electrons. The summed E-state index contributed by atoms with van der Waals surface area (Å²) in [5.74, 6) is 0.961. The molecule has 1 fully saturated rings. The average Bonchev–Trinajstić information content (AvgIpc) is 2.38. The molecule has 1 aromatic carbocycles. The highest BCUT2D eigenvalue weighted by molar-refractivity contribution is 5.94. The van der Waals surface area contributed by atoms with Crippen molar-refractivity contribution in [2.24, 2.45) is 5.92 Å². The maximum atomic E-state index is 12.4. The number of piperidine rings is 1. The standard InChI is InChI=1S/C15H21NO2/c1-3-12-9-13(6-7-14(12)17)15(18)16-8-4-5-11(2)10-16/h6-7,9,11,17H,3-5,8,10H2,1-2H3/t11-/m0/s1. The SMILES string of the molecule is CCc1cc(C(=O)N2CCC[C@H](C)C2)ccc1O. The van der Waals surface area contributed by atoms with Gasteiger partial charge in [0.1, 0.15) is 5.75 Å². The molecular formula is C15H21NO2. The van der Waals surface area contributed by atoms with E-state index in [-0.39, 0.29) is 11.7 Å². The molecule has 1 atom stereocenters. The quantitative estimate of drug-likeness (QED) is 0.873. The zero-order valence-electron chi connectivity index (χ0n) is 11.1. The predicted molar refractivity (Wildman–Crippen MR) is 71.8 cm³/mol. The molecule has 0 saturated carbocycles. The van der Waals surface area contributed by atoms with Crippen molar-refractivity contribution < 1.29 is 9.90 Å². The van der Waals surface area contributed by atoms with Crippen LogP contribution in [0.15, 0.2) is 18.2 Å². The van der Waals surface area contributed by atoms with Crippen LogP contribution >= 0.6 is 0 Å². The Bertz CT molecular complexity index is 442. The summed E-state index contributed by atoms with van der Waals surface area (Å²) < 4.78 is 0. The van der Waals surface area contributed by atoms with Crippen LogP contribution in [0.3, 0.4) is 0 Å². The molecule has 1 aliphatic heterocycles. The van der Waals surface area contributed by atoms with E-state index in [9.17, 15) is 9.90 Å². The average molecular weight is 247 g/mol. The van der Waals surface area contributed by atoms with E-state index < -0.39 is 0 Å². The van der Waals surface area contributed by atoms with Crippen molar-refractivity contribution in [1.29, 1.82) is 0 Å². The van der Waals surface area contributed by atoms with Crippen molar-refractivity contribution in [3.8, 4) is 5.75 Å². The van der Waals surface area contributed by atoms with Crippen LogP contribution in [-0.4, -0.2) is 29.0 Å². The minimum Gasteiger partial charge on any atom is -0.508 e. The minimum absolute atomic E-state index is 0.0938. The van der Waals surface area contributed by atoms with E-state index >= 15 is 0 Å². The first-order chi connectivity index (χ1) is 8.61. The Balaban J connectivity index is 2.17. The molecule has 0 aromatic heterocycles. The Morgan fingerprint density at radius 2 is 2.28 bits per heavy atom. The van der Waals surface area contributed by atoms with Gasteiger partial charge in [-0.3, -0.25) is 4.79 Å². The maximum Gasteiger partial charge on any atom is 0.253 e. The van der Waals surface area contributed by atoms with Gasteiger partial charge < -0.3 is 10.0 Å². The van der Waals surface area contributed by atoms with Gasteiger partial charge in [-0.1, -0.05) is 13.8 Å². The second kappa shape index (κ2) is 5.42. The molecule has 0 radical (unpaired) electrons. The van der Waals surface area contributed by atoms with E-state index in [2.05, 4.69) is 6.92 Å². The number of nitrogens with zero attached hydrogens (tertiary/aromatic N) is 1. The Morgan fingerprint density at radius 3 is 2.94 bits per heavy atom. The van der Waals surface area contributed by atoms with Crippen molar-refractivity contribution in [1.82, 2.24) is 4.90 Å². The number of likely N-dealkylation sites (tertiary alicyclic amines) is 1. The van der Waals surface area contributed by atoms with Crippen LogP contribution in [-0.2, 0) is 6.42 Å². The van der Waals surface area contributed by atoms with Crippen LogP contribution in [0.4, 0.5) is 0 Å². The minimum atomic E-state index is 0.0938. The van der Waals surface area contributed by atoms with Crippen LogP contribution < -0.4 is 0 Å². The Hall–Kier alpha value is -1.51. The van der Waals surface area contributed by atoms with Gasteiger partial charge in [0.2, 0.25) is 0 Å². The van der Waals surface area contributed by atoms with Crippen molar-refractivity contribution >= 4 is 5.91 Å². The lowest BCUT2D eigenvalue weighted by atomic mass is 9.99. The normalized spacial score (nSPS) is 19.9. The number of benzene rings is 1. The molecule has 1 saturated heterocycles. The number of phenols is 1. The van der Waals surface area contributed by atoms with Gasteiger partial charge in [0.15, 0.2) is 0 Å². The van der Waals surface area contributed by atoms with Crippen LogP contribution in [0, 0.1) is 5.92 Å². The summed E-state index contributed by atoms with van der Waals surface area (Å²) in [7, 11) is 0. The summed E-state index contributed by atoms with van der Waals surface area (Å²) in [5.41, 5.74) is 1.53. The van der Waals surface area contributed by atoms with Gasteiger partial charge in [-0.05, 0) is 48.9 Å². The molecule has 2 rings (SSSR count). The highest BCUT2D eigenvalue weighted by Crippen LogP contribution is 2.22. The van der Waals surface area contributed by atoms with E-state index in [0.29, 0.717) is 11.5 Å². The first kappa shape index (κ1) is 12.9. The first-order valence-electron chi connectivity index (χ1n) is 6.73. The topological polar surface area (TPSA) is 40.5 Å². The van der Waals surface area contributed by atoms with E-state index in [1.807, 2.05) is 17.9 Å². The number of phenolic OH excluding ortho intramolecular Hbond substituents is 1. The molecule has 18 heavy (non-hydrogen) atoms. The maximum absolute atomic E-state index is 12.4. The fraction of sp³-hybridized carbons (Fsp3) is 0.533. The number of carbonyl (C=O) groups is 1. The van der Waals surface area contributed by atoms with E-state index in [1.54, 1.807) is 12.1 Å². The second-order valence-corrected chi connectivity index (χ2v) is 5.20. The molecule has 3 nitrogen and oxygen atoms in total. The summed E-state index contributed by atoms with van der Waals surface area (Å²) in [6.07, 6.45) is 3.04. The lowest BCUT2D eigenvalue weighted by Gasteiger charge is -2.31. The van der Waals surface area contributed by atoms with Crippen molar-refractivity contribution in [2.45, 2.75) is 33.1 Å². The molecule has 0 bridgehead atoms. The Kier molecular flexibility index (Phi) is 3.90. The molecule has 0 spiro atoms. The zero-order chi connectivity index (χ0) is 13.1. The molecule has 0 aliphatic carbocycles. The first-order valence-corrected chi connectivity index (χ1v) is 6.73. The summed E-state index contributed by atoms with van der Waals surface area (Å²) in [4.78, 5) is 14.3. The Labute approximate surface area is 108 Å². The lowest BCUT2D eigenvalue weighted by Crippen LogP contribution is -2.39. The number of rotatable bonds is 2. The molecule has 0 unspecified atom stereocenters. The molecular weight excluding hydrogens is 226 g/mol. The second-order valence-electron chi connectivity index (χ2n) is 5.20. The third kappa shape index (κ3) is 2.66. The molecule has 1 aliphatic rings. The van der Waals surface area contributed by atoms with Gasteiger partial charge in [0, 0.05) is 18.7 Å². The smallest absolute Gasteiger partial charge is 0.253 e. The summed E-state index contributed by atoms with van der Waals surface area (Å²) >= 11 is 0. The summed E-state index contributed by atoms with van der Waals surface area (Å²) in [5, 5.41) is 9.64. The predicted octanol–water partition coefficient (Wildman–Crippen LogP) is 2.83. The van der Waals surface area contributed by atoms with E-state index in [1.165, 1.54) is 6.42 Å². The van der Waals surface area contributed by atoms with Crippen LogP contribution in [0.2, 0.25) is 0 Å². The van der Waals surface area contributed by atoms with Crippen LogP contribution in [0.5, 0.6) is 5.75 Å². The highest BCUT2D eigenvalue weighted by Gasteiger charge is 2.22. The molecule has 1 N–H and O–H groups in total. The van der Waals surface area contributed by atoms with E-state index in [0.717, 1.165) is 31.5 Å². The fourth-order valence-corrected chi connectivity index (χ4v) is 2.56.